The van der Waals surface area contributed by atoms with Crippen molar-refractivity contribution in [2.45, 2.75) is 31.2 Å². The van der Waals surface area contributed by atoms with E-state index in [4.69, 9.17) is 9.26 Å². The molecule has 1 N–H and O–H groups in total. The number of aromatic nitrogens is 2. The van der Waals surface area contributed by atoms with Gasteiger partial charge >= 0.3 is 0 Å². The highest BCUT2D eigenvalue weighted by molar-refractivity contribution is 7.99. The van der Waals surface area contributed by atoms with E-state index in [1.165, 1.54) is 12.1 Å². The molecule has 1 amide bonds. The first-order valence-corrected chi connectivity index (χ1v) is 11.6. The van der Waals surface area contributed by atoms with E-state index >= 15 is 0 Å². The molecule has 0 radical (unpaired) electrons. The van der Waals surface area contributed by atoms with Crippen LogP contribution in [0.5, 0.6) is 0 Å². The van der Waals surface area contributed by atoms with Gasteiger partial charge in [-0.3, -0.25) is 9.69 Å². The van der Waals surface area contributed by atoms with Gasteiger partial charge in [-0.15, -0.1) is 0 Å². The van der Waals surface area contributed by atoms with Crippen LogP contribution < -0.4 is 5.32 Å². The lowest BCUT2D eigenvalue weighted by molar-refractivity contribution is -0.122. The number of benzene rings is 1. The van der Waals surface area contributed by atoms with Crippen LogP contribution in [0.15, 0.2) is 28.8 Å². The van der Waals surface area contributed by atoms with E-state index in [-0.39, 0.29) is 17.3 Å². The normalized spacial score (nSPS) is 22.3. The third-order valence-electron chi connectivity index (χ3n) is 5.74. The lowest BCUT2D eigenvalue weighted by Crippen LogP contribution is -2.59. The molecule has 30 heavy (non-hydrogen) atoms. The molecule has 0 aliphatic carbocycles. The fourth-order valence-corrected chi connectivity index (χ4v) is 5.44. The van der Waals surface area contributed by atoms with E-state index in [1.807, 2.05) is 11.8 Å². The molecule has 1 aromatic carbocycles. The molecule has 162 valence electrons. The summed E-state index contributed by atoms with van der Waals surface area (Å²) in [6.07, 6.45) is 2.69. The van der Waals surface area contributed by atoms with Crippen molar-refractivity contribution in [2.24, 2.45) is 0 Å². The summed E-state index contributed by atoms with van der Waals surface area (Å²) in [6, 6.07) is 5.95. The van der Waals surface area contributed by atoms with Gasteiger partial charge in [0.15, 0.2) is 0 Å². The van der Waals surface area contributed by atoms with E-state index in [9.17, 15) is 9.18 Å². The number of hydrogen-bond acceptors (Lipinski definition) is 7. The van der Waals surface area contributed by atoms with Gasteiger partial charge in [-0.05, 0) is 42.9 Å². The van der Waals surface area contributed by atoms with Gasteiger partial charge in [0, 0.05) is 49.3 Å². The summed E-state index contributed by atoms with van der Waals surface area (Å²) in [5.74, 6) is 2.86. The number of aryl methyl sites for hydroxylation is 1. The number of halogens is 1. The van der Waals surface area contributed by atoms with Crippen molar-refractivity contribution in [3.63, 3.8) is 0 Å². The molecule has 2 aliphatic rings. The van der Waals surface area contributed by atoms with Gasteiger partial charge in [0.1, 0.15) is 5.82 Å². The van der Waals surface area contributed by atoms with E-state index in [0.29, 0.717) is 43.1 Å². The standard InChI is InChI=1S/C21H27FN4O3S/c22-17-6-4-16(5-7-17)20-24-19(29-25-20)3-1-2-18(27)23-14-21(8-13-30-15-21)26-9-11-28-12-10-26/h4-7H,1-3,8-15H2,(H,23,27). The average molecular weight is 435 g/mol. The van der Waals surface area contributed by atoms with Crippen LogP contribution in [0.1, 0.15) is 25.2 Å². The molecule has 7 nitrogen and oxygen atoms in total. The van der Waals surface area contributed by atoms with Gasteiger partial charge in [0.2, 0.25) is 17.6 Å². The summed E-state index contributed by atoms with van der Waals surface area (Å²) in [5, 5.41) is 7.08. The van der Waals surface area contributed by atoms with Gasteiger partial charge in [0.25, 0.3) is 0 Å². The molecule has 2 saturated heterocycles. The number of morpholine rings is 1. The summed E-state index contributed by atoms with van der Waals surface area (Å²) in [4.78, 5) is 19.2. The molecular weight excluding hydrogens is 407 g/mol. The van der Waals surface area contributed by atoms with E-state index in [2.05, 4.69) is 20.4 Å². The van der Waals surface area contributed by atoms with Gasteiger partial charge < -0.3 is 14.6 Å². The number of nitrogens with one attached hydrogen (secondary N) is 1. The Bertz CT molecular complexity index is 833. The maximum absolute atomic E-state index is 13.0. The van der Waals surface area contributed by atoms with Gasteiger partial charge in [-0.1, -0.05) is 5.16 Å². The maximum Gasteiger partial charge on any atom is 0.226 e. The minimum absolute atomic E-state index is 0.0535. The van der Waals surface area contributed by atoms with Crippen LogP contribution in [-0.4, -0.2) is 70.8 Å². The van der Waals surface area contributed by atoms with Crippen molar-refractivity contribution < 1.29 is 18.4 Å². The summed E-state index contributed by atoms with van der Waals surface area (Å²) in [6.45, 7) is 4.09. The van der Waals surface area contributed by atoms with Crippen LogP contribution >= 0.6 is 11.8 Å². The largest absolute Gasteiger partial charge is 0.379 e. The molecule has 0 spiro atoms. The van der Waals surface area contributed by atoms with E-state index in [1.54, 1.807) is 12.1 Å². The highest BCUT2D eigenvalue weighted by Crippen LogP contribution is 2.33. The van der Waals surface area contributed by atoms with Gasteiger partial charge in [-0.2, -0.15) is 16.7 Å². The molecule has 1 atom stereocenters. The minimum atomic E-state index is -0.305. The fourth-order valence-electron chi connectivity index (χ4n) is 3.96. The second-order valence-corrected chi connectivity index (χ2v) is 8.88. The predicted molar refractivity (Wildman–Crippen MR) is 113 cm³/mol. The Kier molecular flexibility index (Phi) is 7.01. The molecular formula is C21H27FN4O3S. The minimum Gasteiger partial charge on any atom is -0.379 e. The third kappa shape index (κ3) is 5.19. The zero-order valence-corrected chi connectivity index (χ0v) is 17.8. The van der Waals surface area contributed by atoms with Crippen LogP contribution in [-0.2, 0) is 16.0 Å². The van der Waals surface area contributed by atoms with E-state index in [0.717, 1.165) is 44.2 Å². The second kappa shape index (κ2) is 9.89. The lowest BCUT2D eigenvalue weighted by atomic mass is 9.95. The molecule has 3 heterocycles. The summed E-state index contributed by atoms with van der Waals surface area (Å²) >= 11 is 1.96. The number of amides is 1. The molecule has 4 rings (SSSR count). The Hall–Kier alpha value is -1.97. The molecule has 0 bridgehead atoms. The monoisotopic (exact) mass is 434 g/mol. The Morgan fingerprint density at radius 3 is 2.80 bits per heavy atom. The third-order valence-corrected chi connectivity index (χ3v) is 6.98. The van der Waals surface area contributed by atoms with Crippen molar-refractivity contribution in [3.8, 4) is 11.4 Å². The average Bonchev–Trinajstić information content (AvgIpc) is 3.44. The number of ether oxygens (including phenoxy) is 1. The number of carbonyl (C=O) groups is 1. The quantitative estimate of drug-likeness (QED) is 0.684. The Morgan fingerprint density at radius 1 is 1.27 bits per heavy atom. The number of hydrogen-bond donors (Lipinski definition) is 1. The van der Waals surface area contributed by atoms with Crippen LogP contribution in [0.25, 0.3) is 11.4 Å². The Morgan fingerprint density at radius 2 is 2.07 bits per heavy atom. The first kappa shape index (κ1) is 21.3. The molecule has 1 aromatic heterocycles. The fraction of sp³-hybridized carbons (Fsp3) is 0.571. The first-order chi connectivity index (χ1) is 14.6. The molecule has 2 aromatic rings. The molecule has 9 heteroatoms. The molecule has 1 unspecified atom stereocenters. The van der Waals surface area contributed by atoms with Crippen LogP contribution in [0.3, 0.4) is 0 Å². The SMILES string of the molecule is O=C(CCCc1nc(-c2ccc(F)cc2)no1)NCC1(N2CCOCC2)CCSC1. The van der Waals surface area contributed by atoms with E-state index < -0.39 is 0 Å². The smallest absolute Gasteiger partial charge is 0.226 e. The van der Waals surface area contributed by atoms with Crippen molar-refractivity contribution in [1.29, 1.82) is 0 Å². The Labute approximate surface area is 179 Å². The molecule has 2 fully saturated rings. The second-order valence-electron chi connectivity index (χ2n) is 7.78. The Balaban J connectivity index is 1.23. The number of carbonyl (C=O) groups excluding carboxylic acids is 1. The van der Waals surface area contributed by atoms with Crippen LogP contribution in [0.4, 0.5) is 4.39 Å². The lowest BCUT2D eigenvalue weighted by Gasteiger charge is -2.43. The highest BCUT2D eigenvalue weighted by Gasteiger charge is 2.40. The maximum atomic E-state index is 13.0. The first-order valence-electron chi connectivity index (χ1n) is 10.4. The number of rotatable bonds is 8. The highest BCUT2D eigenvalue weighted by atomic mass is 32.2. The van der Waals surface area contributed by atoms with Crippen molar-refractivity contribution in [3.05, 3.63) is 36.0 Å². The zero-order chi connectivity index (χ0) is 20.8. The topological polar surface area (TPSA) is 80.5 Å². The zero-order valence-electron chi connectivity index (χ0n) is 16.9. The number of thioether (sulfide) groups is 1. The predicted octanol–water partition coefficient (Wildman–Crippen LogP) is 2.52. The van der Waals surface area contributed by atoms with Gasteiger partial charge in [0.05, 0.1) is 13.2 Å². The van der Waals surface area contributed by atoms with Crippen molar-refractivity contribution in [1.82, 2.24) is 20.4 Å². The van der Waals surface area contributed by atoms with Gasteiger partial charge in [-0.25, -0.2) is 4.39 Å². The summed E-state index contributed by atoms with van der Waals surface area (Å²) in [7, 11) is 0. The summed E-state index contributed by atoms with van der Waals surface area (Å²) in [5.41, 5.74) is 0.757. The summed E-state index contributed by atoms with van der Waals surface area (Å²) < 4.78 is 23.8. The van der Waals surface area contributed by atoms with Crippen molar-refractivity contribution in [2.75, 3.05) is 44.4 Å². The van der Waals surface area contributed by atoms with Crippen molar-refractivity contribution >= 4 is 17.7 Å². The molecule has 2 aliphatic heterocycles. The van der Waals surface area contributed by atoms with Crippen LogP contribution in [0.2, 0.25) is 0 Å². The number of nitrogens with zero attached hydrogens (tertiary/aromatic N) is 3. The van der Waals surface area contributed by atoms with Crippen LogP contribution in [0, 0.1) is 5.82 Å². The molecule has 0 saturated carbocycles.